The quantitative estimate of drug-likeness (QED) is 0.665. The molecule has 0 bridgehead atoms. The van der Waals surface area contributed by atoms with E-state index < -0.39 is 5.60 Å². The van der Waals surface area contributed by atoms with Crippen molar-refractivity contribution in [1.82, 2.24) is 4.98 Å². The molecule has 1 heterocycles. The van der Waals surface area contributed by atoms with Gasteiger partial charge in [0, 0.05) is 5.75 Å². The molecule has 0 aromatic carbocycles. The van der Waals surface area contributed by atoms with Gasteiger partial charge in [0.05, 0.1) is 16.8 Å². The van der Waals surface area contributed by atoms with E-state index in [0.29, 0.717) is 17.3 Å². The topological polar surface area (TPSA) is 65.2 Å². The van der Waals surface area contributed by atoms with E-state index in [4.69, 9.17) is 10.5 Å². The van der Waals surface area contributed by atoms with Crippen LogP contribution < -0.4 is 5.73 Å². The molecule has 16 heavy (non-hydrogen) atoms. The highest BCUT2D eigenvalue weighted by Crippen LogP contribution is 2.26. The van der Waals surface area contributed by atoms with Gasteiger partial charge < -0.3 is 10.5 Å². The number of carbonyl (C=O) groups is 1. The number of nitrogens with two attached hydrogens (primary N) is 1. The first-order valence-electron chi connectivity index (χ1n) is 4.93. The molecule has 0 amide bonds. The zero-order valence-corrected chi connectivity index (χ0v) is 11.3. The Morgan fingerprint density at radius 1 is 1.62 bits per heavy atom. The van der Waals surface area contributed by atoms with E-state index in [0.717, 1.165) is 4.21 Å². The Hall–Kier alpha value is -0.750. The van der Waals surface area contributed by atoms with E-state index >= 15 is 0 Å². The van der Waals surface area contributed by atoms with Crippen LogP contribution in [0.1, 0.15) is 27.2 Å². The summed E-state index contributed by atoms with van der Waals surface area (Å²) in [5.41, 5.74) is 5.09. The van der Waals surface area contributed by atoms with Crippen molar-refractivity contribution in [2.45, 2.75) is 37.0 Å². The summed E-state index contributed by atoms with van der Waals surface area (Å²) in [6.07, 6.45) is 2.12. The smallest absolute Gasteiger partial charge is 0.307 e. The molecule has 2 N–H and O–H groups in total. The molecule has 0 atom stereocenters. The fraction of sp³-hybridized carbons (Fsp3) is 0.600. The van der Waals surface area contributed by atoms with Crippen molar-refractivity contribution in [3.05, 3.63) is 6.20 Å². The van der Waals surface area contributed by atoms with Crippen LogP contribution in [0.4, 0.5) is 5.13 Å². The van der Waals surface area contributed by atoms with E-state index in [1.807, 2.05) is 20.8 Å². The summed E-state index contributed by atoms with van der Waals surface area (Å²) in [5.74, 6) is 0.522. The Balaban J connectivity index is 2.23. The van der Waals surface area contributed by atoms with Crippen molar-refractivity contribution in [2.75, 3.05) is 11.5 Å². The van der Waals surface area contributed by atoms with Gasteiger partial charge in [-0.05, 0) is 20.8 Å². The van der Waals surface area contributed by atoms with Crippen molar-refractivity contribution in [2.24, 2.45) is 0 Å². The zero-order chi connectivity index (χ0) is 12.2. The Labute approximate surface area is 104 Å². The van der Waals surface area contributed by atoms with Crippen molar-refractivity contribution >= 4 is 34.2 Å². The summed E-state index contributed by atoms with van der Waals surface area (Å²) in [5, 5.41) is 0.555. The standard InChI is InChI=1S/C10H16N2O2S2/c1-10(2,3)14-7(13)4-5-15-8-6-12-9(11)16-8/h6H,4-5H2,1-3H3,(H2,11,12). The molecule has 0 aliphatic carbocycles. The Kier molecular flexibility index (Phi) is 4.61. The van der Waals surface area contributed by atoms with Gasteiger partial charge in [-0.1, -0.05) is 11.3 Å². The van der Waals surface area contributed by atoms with Gasteiger partial charge in [0.25, 0.3) is 0 Å². The lowest BCUT2D eigenvalue weighted by Gasteiger charge is -2.19. The normalized spacial score (nSPS) is 11.4. The van der Waals surface area contributed by atoms with E-state index in [1.165, 1.54) is 11.3 Å². The molecule has 0 saturated heterocycles. The fourth-order valence-electron chi connectivity index (χ4n) is 0.966. The number of nitrogen functional groups attached to an aromatic ring is 1. The lowest BCUT2D eigenvalue weighted by Crippen LogP contribution is -2.23. The number of rotatable bonds is 4. The van der Waals surface area contributed by atoms with Gasteiger partial charge in [-0.3, -0.25) is 4.79 Å². The summed E-state index contributed by atoms with van der Waals surface area (Å²) in [6, 6.07) is 0. The molecule has 0 radical (unpaired) electrons. The van der Waals surface area contributed by atoms with Crippen LogP contribution in [0.5, 0.6) is 0 Å². The van der Waals surface area contributed by atoms with Gasteiger partial charge >= 0.3 is 5.97 Å². The third-order valence-corrected chi connectivity index (χ3v) is 3.50. The minimum absolute atomic E-state index is 0.169. The van der Waals surface area contributed by atoms with Crippen LogP contribution in [0.2, 0.25) is 0 Å². The van der Waals surface area contributed by atoms with E-state index in [2.05, 4.69) is 4.98 Å². The minimum Gasteiger partial charge on any atom is -0.460 e. The molecule has 4 nitrogen and oxygen atoms in total. The Morgan fingerprint density at radius 3 is 2.81 bits per heavy atom. The highest BCUT2D eigenvalue weighted by atomic mass is 32.2. The van der Waals surface area contributed by atoms with Crippen LogP contribution in [0, 0.1) is 0 Å². The second-order valence-corrected chi connectivity index (χ2v) is 6.66. The number of hydrogen-bond donors (Lipinski definition) is 1. The lowest BCUT2D eigenvalue weighted by atomic mass is 10.2. The number of nitrogens with zero attached hydrogens (tertiary/aromatic N) is 1. The van der Waals surface area contributed by atoms with Crippen LogP contribution >= 0.6 is 23.1 Å². The first-order valence-corrected chi connectivity index (χ1v) is 6.73. The molecule has 0 aliphatic rings. The maximum absolute atomic E-state index is 11.4. The Morgan fingerprint density at radius 2 is 2.31 bits per heavy atom. The SMILES string of the molecule is CC(C)(C)OC(=O)CCSc1cnc(N)s1. The number of aromatic nitrogens is 1. The summed E-state index contributed by atoms with van der Waals surface area (Å²) in [4.78, 5) is 15.3. The van der Waals surface area contributed by atoms with Gasteiger partial charge in [-0.25, -0.2) is 4.98 Å². The number of hydrogen-bond acceptors (Lipinski definition) is 6. The minimum atomic E-state index is -0.406. The van der Waals surface area contributed by atoms with Gasteiger partial charge in [-0.15, -0.1) is 11.8 Å². The third-order valence-electron chi connectivity index (χ3n) is 1.47. The van der Waals surface area contributed by atoms with Crippen LogP contribution in [-0.2, 0) is 9.53 Å². The fourth-order valence-corrected chi connectivity index (χ4v) is 2.72. The van der Waals surface area contributed by atoms with Crippen molar-refractivity contribution in [3.63, 3.8) is 0 Å². The average molecular weight is 260 g/mol. The van der Waals surface area contributed by atoms with E-state index in [-0.39, 0.29) is 5.97 Å². The van der Waals surface area contributed by atoms with Crippen molar-refractivity contribution in [3.8, 4) is 0 Å². The number of thiazole rings is 1. The molecular formula is C10H16N2O2S2. The zero-order valence-electron chi connectivity index (χ0n) is 9.65. The summed E-state index contributed by atoms with van der Waals surface area (Å²) >= 11 is 3.00. The predicted octanol–water partition coefficient (Wildman–Crippen LogP) is 2.55. The molecule has 6 heteroatoms. The largest absolute Gasteiger partial charge is 0.460 e. The molecule has 90 valence electrons. The molecule has 0 unspecified atom stereocenters. The summed E-state index contributed by atoms with van der Waals surface area (Å²) in [7, 11) is 0. The predicted molar refractivity (Wildman–Crippen MR) is 67.7 cm³/mol. The van der Waals surface area contributed by atoms with Gasteiger partial charge in [-0.2, -0.15) is 0 Å². The second kappa shape index (κ2) is 5.54. The summed E-state index contributed by atoms with van der Waals surface area (Å²) in [6.45, 7) is 5.59. The van der Waals surface area contributed by atoms with Crippen molar-refractivity contribution < 1.29 is 9.53 Å². The van der Waals surface area contributed by atoms with Crippen LogP contribution in [0.15, 0.2) is 10.4 Å². The maximum atomic E-state index is 11.4. The monoisotopic (exact) mass is 260 g/mol. The number of anilines is 1. The van der Waals surface area contributed by atoms with E-state index in [9.17, 15) is 4.79 Å². The molecule has 1 aromatic heterocycles. The molecule has 0 aliphatic heterocycles. The van der Waals surface area contributed by atoms with E-state index in [1.54, 1.807) is 18.0 Å². The molecule has 0 fully saturated rings. The lowest BCUT2D eigenvalue weighted by molar-refractivity contribution is -0.154. The second-order valence-electron chi connectivity index (χ2n) is 4.20. The number of esters is 1. The molecule has 0 saturated carbocycles. The number of thioether (sulfide) groups is 1. The molecule has 0 spiro atoms. The van der Waals surface area contributed by atoms with Crippen LogP contribution in [0.3, 0.4) is 0 Å². The number of carbonyl (C=O) groups excluding carboxylic acids is 1. The number of ether oxygens (including phenoxy) is 1. The average Bonchev–Trinajstić information content (AvgIpc) is 2.48. The van der Waals surface area contributed by atoms with Gasteiger partial charge in [0.15, 0.2) is 5.13 Å². The van der Waals surface area contributed by atoms with Gasteiger partial charge in [0.2, 0.25) is 0 Å². The summed E-state index contributed by atoms with van der Waals surface area (Å²) < 4.78 is 6.22. The van der Waals surface area contributed by atoms with Crippen LogP contribution in [0.25, 0.3) is 0 Å². The Bertz CT molecular complexity index is 358. The highest BCUT2D eigenvalue weighted by molar-refractivity contribution is 8.01. The first kappa shape index (κ1) is 13.3. The first-order chi connectivity index (χ1) is 7.37. The van der Waals surface area contributed by atoms with Crippen molar-refractivity contribution in [1.29, 1.82) is 0 Å². The maximum Gasteiger partial charge on any atom is 0.307 e. The third kappa shape index (κ3) is 5.37. The van der Waals surface area contributed by atoms with Crippen LogP contribution in [-0.4, -0.2) is 22.3 Å². The molecule has 1 aromatic rings. The van der Waals surface area contributed by atoms with Gasteiger partial charge in [0.1, 0.15) is 5.60 Å². The highest BCUT2D eigenvalue weighted by Gasteiger charge is 2.15. The molecular weight excluding hydrogens is 244 g/mol. The molecule has 1 rings (SSSR count).